The molecular formula is C28H41N3O2. The zero-order valence-corrected chi connectivity index (χ0v) is 21.0. The maximum Gasteiger partial charge on any atom is 0.195 e. The number of aromatic amines is 1. The van der Waals surface area contributed by atoms with Crippen LogP contribution in [0.15, 0.2) is 42.5 Å². The van der Waals surface area contributed by atoms with Gasteiger partial charge in [0, 0.05) is 6.92 Å². The number of nitrogens with zero attached hydrogens (tertiary/aromatic N) is 1. The van der Waals surface area contributed by atoms with Crippen LogP contribution in [0.3, 0.4) is 0 Å². The number of unbranched alkanes of at least 4 members (excludes halogenated alkanes) is 1. The van der Waals surface area contributed by atoms with Gasteiger partial charge in [0.25, 0.3) is 0 Å². The third-order valence-corrected chi connectivity index (χ3v) is 5.32. The molecule has 1 heterocycles. The lowest BCUT2D eigenvalue weighted by molar-refractivity contribution is 0.100. The standard InChI is InChI=1S/C20H22N2O2.C8H19N/c1-14-6-5-8-17(12-14)24-11-4-3-7-16-9-10-18-19(13-16)22-20(21-18)15(2)23;1-4-6-9-7-5-8(2)3/h5-6,8-10,12-13H,3-4,7,11H2,1-2H3,(H,21,22);8-9H,4-7H2,1-3H3. The molecule has 0 aliphatic rings. The number of hydrogen-bond acceptors (Lipinski definition) is 4. The van der Waals surface area contributed by atoms with Gasteiger partial charge in [0.1, 0.15) is 5.75 Å². The summed E-state index contributed by atoms with van der Waals surface area (Å²) in [6, 6.07) is 14.3. The molecule has 0 radical (unpaired) electrons. The van der Waals surface area contributed by atoms with Gasteiger partial charge in [0.2, 0.25) is 0 Å². The first kappa shape index (κ1) is 26.6. The summed E-state index contributed by atoms with van der Waals surface area (Å²) in [5, 5.41) is 3.37. The number of hydrogen-bond donors (Lipinski definition) is 2. The summed E-state index contributed by atoms with van der Waals surface area (Å²) in [5.74, 6) is 2.16. The number of ether oxygens (including phenoxy) is 1. The molecule has 2 aromatic carbocycles. The number of carbonyl (C=O) groups is 1. The van der Waals surface area contributed by atoms with E-state index < -0.39 is 0 Å². The lowest BCUT2D eigenvalue weighted by atomic mass is 10.1. The van der Waals surface area contributed by atoms with Crippen molar-refractivity contribution in [3.8, 4) is 5.75 Å². The Bertz CT molecular complexity index is 978. The van der Waals surface area contributed by atoms with Crippen molar-refractivity contribution < 1.29 is 9.53 Å². The SMILES string of the molecule is CC(=O)c1nc2ccc(CCCCOc3cccc(C)c3)cc2[nH]1.CCCNCCC(C)C. The first-order valence-corrected chi connectivity index (χ1v) is 12.3. The van der Waals surface area contributed by atoms with Crippen molar-refractivity contribution in [3.05, 3.63) is 59.4 Å². The van der Waals surface area contributed by atoms with E-state index in [9.17, 15) is 4.79 Å². The van der Waals surface area contributed by atoms with E-state index in [2.05, 4.69) is 67.2 Å². The van der Waals surface area contributed by atoms with Gasteiger partial charge >= 0.3 is 0 Å². The van der Waals surface area contributed by atoms with Crippen LogP contribution in [-0.2, 0) is 6.42 Å². The van der Waals surface area contributed by atoms with Crippen LogP contribution < -0.4 is 10.1 Å². The number of benzene rings is 2. The van der Waals surface area contributed by atoms with E-state index >= 15 is 0 Å². The molecule has 3 aromatic rings. The maximum absolute atomic E-state index is 11.4. The summed E-state index contributed by atoms with van der Waals surface area (Å²) in [5.41, 5.74) is 4.22. The van der Waals surface area contributed by atoms with Crippen LogP contribution >= 0.6 is 0 Å². The molecule has 0 aliphatic carbocycles. The van der Waals surface area contributed by atoms with E-state index in [1.165, 1.54) is 44.0 Å². The minimum absolute atomic E-state index is 0.0407. The van der Waals surface area contributed by atoms with Gasteiger partial charge in [-0.3, -0.25) is 4.79 Å². The summed E-state index contributed by atoms with van der Waals surface area (Å²) in [6.45, 7) is 13.4. The van der Waals surface area contributed by atoms with Crippen molar-refractivity contribution >= 4 is 16.8 Å². The molecule has 33 heavy (non-hydrogen) atoms. The van der Waals surface area contributed by atoms with E-state index in [1.54, 1.807) is 0 Å². The van der Waals surface area contributed by atoms with E-state index in [1.807, 2.05) is 18.2 Å². The second kappa shape index (κ2) is 14.5. The number of aromatic nitrogens is 2. The molecule has 0 amide bonds. The zero-order chi connectivity index (χ0) is 24.1. The summed E-state index contributed by atoms with van der Waals surface area (Å²) in [4.78, 5) is 18.7. The van der Waals surface area contributed by atoms with Crippen molar-refractivity contribution in [2.45, 2.75) is 66.7 Å². The fourth-order valence-corrected chi connectivity index (χ4v) is 3.40. The summed E-state index contributed by atoms with van der Waals surface area (Å²) in [7, 11) is 0. The predicted octanol–water partition coefficient (Wildman–Crippen LogP) is 6.51. The number of ketones is 1. The highest BCUT2D eigenvalue weighted by atomic mass is 16.5. The fraction of sp³-hybridized carbons (Fsp3) is 0.500. The molecule has 3 rings (SSSR count). The topological polar surface area (TPSA) is 67.0 Å². The second-order valence-electron chi connectivity index (χ2n) is 9.05. The molecule has 0 spiro atoms. The Balaban J connectivity index is 0.000000365. The maximum atomic E-state index is 11.4. The van der Waals surface area contributed by atoms with Gasteiger partial charge in [0.05, 0.1) is 17.6 Å². The van der Waals surface area contributed by atoms with Crippen LogP contribution in [0.1, 0.15) is 75.1 Å². The van der Waals surface area contributed by atoms with Crippen molar-refractivity contribution in [2.75, 3.05) is 19.7 Å². The molecule has 2 N–H and O–H groups in total. The quantitative estimate of drug-likeness (QED) is 0.243. The Kier molecular flexibility index (Phi) is 11.7. The minimum atomic E-state index is -0.0407. The first-order chi connectivity index (χ1) is 15.9. The molecule has 0 saturated carbocycles. The highest BCUT2D eigenvalue weighted by Gasteiger charge is 2.07. The number of aryl methyl sites for hydroxylation is 2. The largest absolute Gasteiger partial charge is 0.494 e. The van der Waals surface area contributed by atoms with E-state index in [4.69, 9.17) is 4.74 Å². The number of carbonyl (C=O) groups excluding carboxylic acids is 1. The number of imidazole rings is 1. The minimum Gasteiger partial charge on any atom is -0.494 e. The van der Waals surface area contributed by atoms with Gasteiger partial charge in [-0.05, 0) is 93.4 Å². The highest BCUT2D eigenvalue weighted by molar-refractivity contribution is 5.94. The lowest BCUT2D eigenvalue weighted by Gasteiger charge is -2.07. The number of rotatable bonds is 12. The zero-order valence-electron chi connectivity index (χ0n) is 21.0. The van der Waals surface area contributed by atoms with Crippen LogP contribution in [-0.4, -0.2) is 35.4 Å². The van der Waals surface area contributed by atoms with Crippen LogP contribution in [0.4, 0.5) is 0 Å². The summed E-state index contributed by atoms with van der Waals surface area (Å²) in [6.07, 6.45) is 5.61. The normalized spacial score (nSPS) is 10.8. The monoisotopic (exact) mass is 451 g/mol. The van der Waals surface area contributed by atoms with E-state index in [-0.39, 0.29) is 5.78 Å². The summed E-state index contributed by atoms with van der Waals surface area (Å²) >= 11 is 0. The number of nitrogens with one attached hydrogen (secondary N) is 2. The highest BCUT2D eigenvalue weighted by Crippen LogP contribution is 2.17. The summed E-state index contributed by atoms with van der Waals surface area (Å²) < 4.78 is 5.77. The molecule has 0 aliphatic heterocycles. The Labute approximate surface area is 199 Å². The Morgan fingerprint density at radius 1 is 1.12 bits per heavy atom. The fourth-order valence-electron chi connectivity index (χ4n) is 3.40. The molecule has 5 heteroatoms. The van der Waals surface area contributed by atoms with Crippen molar-refractivity contribution in [3.63, 3.8) is 0 Å². The number of fused-ring (bicyclic) bond motifs is 1. The molecule has 180 valence electrons. The van der Waals surface area contributed by atoms with Gasteiger partial charge in [0.15, 0.2) is 11.6 Å². The van der Waals surface area contributed by atoms with Gasteiger partial charge in [-0.2, -0.15) is 0 Å². The van der Waals surface area contributed by atoms with E-state index in [0.717, 1.165) is 48.6 Å². The van der Waals surface area contributed by atoms with Crippen LogP contribution in [0.5, 0.6) is 5.75 Å². The number of Topliss-reactive ketones (excluding diaryl/α,β-unsaturated/α-hetero) is 1. The van der Waals surface area contributed by atoms with Crippen LogP contribution in [0, 0.1) is 12.8 Å². The molecule has 0 fully saturated rings. The first-order valence-electron chi connectivity index (χ1n) is 12.3. The third kappa shape index (κ3) is 10.2. The average Bonchev–Trinajstić information content (AvgIpc) is 3.21. The van der Waals surface area contributed by atoms with Gasteiger partial charge in [-0.1, -0.05) is 39.0 Å². The lowest BCUT2D eigenvalue weighted by Crippen LogP contribution is -2.17. The van der Waals surface area contributed by atoms with Gasteiger partial charge in [-0.15, -0.1) is 0 Å². The predicted molar refractivity (Wildman–Crippen MR) is 138 cm³/mol. The molecule has 1 aromatic heterocycles. The molecule has 5 nitrogen and oxygen atoms in total. The Hall–Kier alpha value is -2.66. The average molecular weight is 452 g/mol. The molecule has 0 saturated heterocycles. The van der Waals surface area contributed by atoms with Gasteiger partial charge < -0.3 is 15.0 Å². The molecule has 0 unspecified atom stereocenters. The second-order valence-corrected chi connectivity index (χ2v) is 9.05. The Morgan fingerprint density at radius 3 is 2.64 bits per heavy atom. The van der Waals surface area contributed by atoms with Crippen molar-refractivity contribution in [2.24, 2.45) is 5.92 Å². The smallest absolute Gasteiger partial charge is 0.195 e. The molecule has 0 atom stereocenters. The number of H-pyrrole nitrogens is 1. The van der Waals surface area contributed by atoms with Gasteiger partial charge in [-0.25, -0.2) is 4.98 Å². The van der Waals surface area contributed by atoms with Crippen LogP contribution in [0.2, 0.25) is 0 Å². The third-order valence-electron chi connectivity index (χ3n) is 5.32. The van der Waals surface area contributed by atoms with Crippen molar-refractivity contribution in [1.29, 1.82) is 0 Å². The van der Waals surface area contributed by atoms with E-state index in [0.29, 0.717) is 5.82 Å². The van der Waals surface area contributed by atoms with Crippen LogP contribution in [0.25, 0.3) is 11.0 Å². The molecular weight excluding hydrogens is 410 g/mol. The van der Waals surface area contributed by atoms with Crippen molar-refractivity contribution in [1.82, 2.24) is 15.3 Å². The molecule has 0 bridgehead atoms. The Morgan fingerprint density at radius 2 is 1.94 bits per heavy atom.